The number of hydrogen-bond acceptors (Lipinski definition) is 5. The Bertz CT molecular complexity index is 826. The summed E-state index contributed by atoms with van der Waals surface area (Å²) in [5, 5.41) is 9.66. The molecule has 1 heterocycles. The summed E-state index contributed by atoms with van der Waals surface area (Å²) in [5.41, 5.74) is 2.16. The van der Waals surface area contributed by atoms with Crippen LogP contribution in [0, 0.1) is 11.8 Å². The molecule has 0 bridgehead atoms. The Morgan fingerprint density at radius 2 is 1.63 bits per heavy atom. The molecule has 6 heteroatoms. The van der Waals surface area contributed by atoms with E-state index >= 15 is 0 Å². The van der Waals surface area contributed by atoms with Crippen molar-refractivity contribution in [3.8, 4) is 0 Å². The fourth-order valence-corrected chi connectivity index (χ4v) is 3.99. The van der Waals surface area contributed by atoms with Gasteiger partial charge in [-0.25, -0.2) is 0 Å². The minimum absolute atomic E-state index is 0.371. The average molecular weight is 411 g/mol. The molecule has 0 saturated carbocycles. The zero-order valence-electron chi connectivity index (χ0n) is 17.4. The van der Waals surface area contributed by atoms with Crippen molar-refractivity contribution >= 4 is 11.9 Å². The van der Waals surface area contributed by atoms with E-state index in [1.807, 2.05) is 60.7 Å². The van der Waals surface area contributed by atoms with Crippen molar-refractivity contribution in [3.05, 3.63) is 71.8 Å². The molecule has 30 heavy (non-hydrogen) atoms. The lowest BCUT2D eigenvalue weighted by atomic mass is 9.82. The molecule has 2 aromatic rings. The number of aliphatic carboxylic acids is 1. The van der Waals surface area contributed by atoms with E-state index in [0.29, 0.717) is 26.2 Å². The molecule has 1 saturated heterocycles. The molecular formula is C24H29NO5. The summed E-state index contributed by atoms with van der Waals surface area (Å²) in [6.45, 7) is 5.16. The number of rotatable bonds is 8. The molecule has 2 aromatic carbocycles. The third-order valence-corrected chi connectivity index (χ3v) is 5.59. The second-order valence-corrected chi connectivity index (χ2v) is 7.88. The molecule has 160 valence electrons. The zero-order chi connectivity index (χ0) is 21.5. The van der Waals surface area contributed by atoms with Crippen LogP contribution < -0.4 is 0 Å². The van der Waals surface area contributed by atoms with Crippen molar-refractivity contribution in [1.29, 1.82) is 0 Å². The van der Waals surface area contributed by atoms with Crippen LogP contribution in [0.15, 0.2) is 60.7 Å². The highest BCUT2D eigenvalue weighted by atomic mass is 16.6. The van der Waals surface area contributed by atoms with Gasteiger partial charge in [0.05, 0.1) is 12.5 Å². The van der Waals surface area contributed by atoms with Crippen molar-refractivity contribution in [2.24, 2.45) is 11.8 Å². The average Bonchev–Trinajstić information content (AvgIpc) is 2.74. The van der Waals surface area contributed by atoms with Gasteiger partial charge in [-0.3, -0.25) is 14.5 Å². The normalized spacial score (nSPS) is 22.9. The fraction of sp³-hybridized carbons (Fsp3) is 0.417. The highest BCUT2D eigenvalue weighted by Crippen LogP contribution is 2.30. The first-order valence-electron chi connectivity index (χ1n) is 10.3. The van der Waals surface area contributed by atoms with Crippen LogP contribution in [0.5, 0.6) is 0 Å². The summed E-state index contributed by atoms with van der Waals surface area (Å²) in [7, 11) is 0. The molecule has 0 spiro atoms. The molecule has 0 amide bonds. The van der Waals surface area contributed by atoms with Crippen molar-refractivity contribution in [2.75, 3.05) is 13.1 Å². The number of ether oxygens (including phenoxy) is 2. The molecule has 6 nitrogen and oxygen atoms in total. The first-order valence-corrected chi connectivity index (χ1v) is 10.3. The Balaban J connectivity index is 1.82. The number of carbonyl (C=O) groups is 2. The number of carbonyl (C=O) groups excluding carboxylic acids is 1. The van der Waals surface area contributed by atoms with Crippen LogP contribution in [-0.2, 0) is 32.2 Å². The van der Waals surface area contributed by atoms with Gasteiger partial charge in [-0.2, -0.15) is 0 Å². The number of hydrogen-bond donors (Lipinski definition) is 1. The van der Waals surface area contributed by atoms with Gasteiger partial charge in [0.25, 0.3) is 0 Å². The van der Waals surface area contributed by atoms with Crippen molar-refractivity contribution < 1.29 is 24.2 Å². The van der Waals surface area contributed by atoms with Gasteiger partial charge in [0, 0.05) is 32.5 Å². The lowest BCUT2D eigenvalue weighted by Crippen LogP contribution is -2.57. The van der Waals surface area contributed by atoms with Gasteiger partial charge in [-0.05, 0) is 11.1 Å². The summed E-state index contributed by atoms with van der Waals surface area (Å²) in [4.78, 5) is 25.8. The van der Waals surface area contributed by atoms with Crippen LogP contribution in [0.1, 0.15) is 25.0 Å². The molecule has 1 aliphatic rings. The highest BCUT2D eigenvalue weighted by molar-refractivity contribution is 5.70. The van der Waals surface area contributed by atoms with E-state index in [1.54, 1.807) is 6.92 Å². The van der Waals surface area contributed by atoms with Crippen molar-refractivity contribution in [2.45, 2.75) is 39.2 Å². The van der Waals surface area contributed by atoms with Crippen LogP contribution in [0.2, 0.25) is 0 Å². The Morgan fingerprint density at radius 3 is 2.20 bits per heavy atom. The van der Waals surface area contributed by atoms with E-state index in [1.165, 1.54) is 6.92 Å². The number of benzene rings is 2. The Hall–Kier alpha value is -2.70. The minimum Gasteiger partial charge on any atom is -0.481 e. The number of nitrogens with zero attached hydrogens (tertiary/aromatic N) is 1. The molecule has 1 aliphatic heterocycles. The molecule has 0 aliphatic carbocycles. The zero-order valence-corrected chi connectivity index (χ0v) is 17.4. The predicted molar refractivity (Wildman–Crippen MR) is 113 cm³/mol. The quantitative estimate of drug-likeness (QED) is 0.672. The number of esters is 1. The van der Waals surface area contributed by atoms with Crippen molar-refractivity contribution in [1.82, 2.24) is 4.90 Å². The van der Waals surface area contributed by atoms with E-state index in [0.717, 1.165) is 11.1 Å². The highest BCUT2D eigenvalue weighted by Gasteiger charge is 2.44. The lowest BCUT2D eigenvalue weighted by Gasteiger charge is -2.44. The first kappa shape index (κ1) is 22.0. The van der Waals surface area contributed by atoms with Gasteiger partial charge in [-0.1, -0.05) is 67.6 Å². The maximum absolute atomic E-state index is 11.8. The summed E-state index contributed by atoms with van der Waals surface area (Å²) in [6.07, 6.45) is -1.03. The summed E-state index contributed by atoms with van der Waals surface area (Å²) < 4.78 is 11.8. The maximum Gasteiger partial charge on any atom is 0.306 e. The molecular weight excluding hydrogens is 382 g/mol. The molecule has 0 radical (unpaired) electrons. The van der Waals surface area contributed by atoms with Crippen LogP contribution in [0.25, 0.3) is 0 Å². The second kappa shape index (κ2) is 10.4. The number of carboxylic acid groups (broad SMARTS) is 1. The van der Waals surface area contributed by atoms with Gasteiger partial charge in [0.2, 0.25) is 0 Å². The smallest absolute Gasteiger partial charge is 0.306 e. The van der Waals surface area contributed by atoms with E-state index < -0.39 is 30.1 Å². The molecule has 1 N–H and O–H groups in total. The fourth-order valence-electron chi connectivity index (χ4n) is 3.99. The van der Waals surface area contributed by atoms with E-state index in [4.69, 9.17) is 9.47 Å². The van der Waals surface area contributed by atoms with Crippen LogP contribution in [0.4, 0.5) is 0 Å². The van der Waals surface area contributed by atoms with Gasteiger partial charge >= 0.3 is 11.9 Å². The Morgan fingerprint density at radius 1 is 1.03 bits per heavy atom. The molecule has 1 fully saturated rings. The maximum atomic E-state index is 11.8. The number of piperidine rings is 1. The number of carboxylic acids is 1. The Labute approximate surface area is 177 Å². The summed E-state index contributed by atoms with van der Waals surface area (Å²) >= 11 is 0. The van der Waals surface area contributed by atoms with Gasteiger partial charge < -0.3 is 14.6 Å². The van der Waals surface area contributed by atoms with E-state index in [-0.39, 0.29) is 5.92 Å². The predicted octanol–water partition coefficient (Wildman–Crippen LogP) is 3.36. The molecule has 3 rings (SSSR count). The second-order valence-electron chi connectivity index (χ2n) is 7.88. The van der Waals surface area contributed by atoms with Crippen LogP contribution >= 0.6 is 0 Å². The monoisotopic (exact) mass is 411 g/mol. The minimum atomic E-state index is -0.902. The SMILES string of the molecule is CC(=O)OC1C(OCc2ccccc2)CN(Cc2ccccc2)CC1C(C)C(=O)O. The molecule has 0 aromatic heterocycles. The van der Waals surface area contributed by atoms with E-state index in [2.05, 4.69) is 4.90 Å². The largest absolute Gasteiger partial charge is 0.481 e. The number of likely N-dealkylation sites (tertiary alicyclic amines) is 1. The van der Waals surface area contributed by atoms with Gasteiger partial charge in [-0.15, -0.1) is 0 Å². The third-order valence-electron chi connectivity index (χ3n) is 5.59. The third kappa shape index (κ3) is 5.90. The van der Waals surface area contributed by atoms with Crippen molar-refractivity contribution in [3.63, 3.8) is 0 Å². The standard InChI is InChI=1S/C24H29NO5/c1-17(24(27)28)21-14-25(13-19-9-5-3-6-10-19)15-22(23(21)30-18(2)26)29-16-20-11-7-4-8-12-20/h3-12,17,21-23H,13-16H2,1-2H3,(H,27,28). The first-order chi connectivity index (χ1) is 14.4. The van der Waals surface area contributed by atoms with Gasteiger partial charge in [0.1, 0.15) is 12.2 Å². The molecule has 4 unspecified atom stereocenters. The Kier molecular flexibility index (Phi) is 7.60. The van der Waals surface area contributed by atoms with Crippen LogP contribution in [-0.4, -0.2) is 47.2 Å². The molecule has 4 atom stereocenters. The van der Waals surface area contributed by atoms with Crippen LogP contribution in [0.3, 0.4) is 0 Å². The van der Waals surface area contributed by atoms with E-state index in [9.17, 15) is 14.7 Å². The lowest BCUT2D eigenvalue weighted by molar-refractivity contribution is -0.180. The summed E-state index contributed by atoms with van der Waals surface area (Å²) in [5.74, 6) is -2.37. The van der Waals surface area contributed by atoms with Gasteiger partial charge in [0.15, 0.2) is 0 Å². The topological polar surface area (TPSA) is 76.1 Å². The summed E-state index contributed by atoms with van der Waals surface area (Å²) in [6, 6.07) is 19.8.